The lowest BCUT2D eigenvalue weighted by Crippen LogP contribution is -2.22. The second-order valence-electron chi connectivity index (χ2n) is 21.3. The smallest absolute Gasteiger partial charge is 0.258 e. The number of ketones is 3. The Morgan fingerprint density at radius 2 is 0.817 bits per heavy atom. The lowest BCUT2D eigenvalue weighted by Gasteiger charge is -2.20. The molecule has 0 aliphatic heterocycles. The number of nitrogens with zero attached hydrogens (tertiary/aromatic N) is 2. The molecule has 2 heterocycles. The summed E-state index contributed by atoms with van der Waals surface area (Å²) in [6.45, 7) is 11.4. The number of hydrogen-bond donors (Lipinski definition) is 5. The Labute approximate surface area is 478 Å². The van der Waals surface area contributed by atoms with Crippen molar-refractivity contribution in [1.82, 2.24) is 9.13 Å². The molecule has 0 bridgehead atoms. The predicted octanol–water partition coefficient (Wildman–Crippen LogP) is 13.8. The van der Waals surface area contributed by atoms with Gasteiger partial charge in [0.1, 0.15) is 29.0 Å². The molecule has 426 valence electrons. The van der Waals surface area contributed by atoms with Crippen LogP contribution in [0.5, 0.6) is 0 Å². The van der Waals surface area contributed by atoms with Gasteiger partial charge in [0.05, 0.1) is 47.2 Å². The van der Waals surface area contributed by atoms with Crippen LogP contribution in [0.1, 0.15) is 124 Å². The van der Waals surface area contributed by atoms with E-state index < -0.39 is 18.3 Å². The quantitative estimate of drug-likeness (QED) is 0.0371. The topological polar surface area (TPSA) is 180 Å². The number of para-hydroxylation sites is 2. The number of anilines is 2. The zero-order chi connectivity index (χ0) is 59.0. The molecule has 0 saturated carbocycles. The van der Waals surface area contributed by atoms with Gasteiger partial charge in [-0.2, -0.15) is 0 Å². The molecule has 0 fully saturated rings. The van der Waals surface area contributed by atoms with Crippen LogP contribution in [0, 0.1) is 11.6 Å². The average molecular weight is 1110 g/mol. The van der Waals surface area contributed by atoms with Crippen molar-refractivity contribution in [3.05, 3.63) is 204 Å². The lowest BCUT2D eigenvalue weighted by atomic mass is 9.94. The maximum Gasteiger partial charge on any atom is 0.258 e. The molecule has 0 spiro atoms. The standard InChI is InChI=1S/C34H37FN2O4.C34H35FN2O4/c2*1-22(2)32-31(34(41)36-27-12-8-5-9-13-27)30(24-10-6-4-7-11-24)33(25-14-16-26(35)17-15-25)37(32)19-18-28(39)21-29(40)20-23(3)38/h4-17,22,28-29,39-40H,18-21H2,1-3H3,(H,36,41);4-17,22,28,39H,18-21H2,1-3H3,(H,36,41)/t28-,29+;28-/m11/s1. The zero-order valence-corrected chi connectivity index (χ0v) is 47.2. The summed E-state index contributed by atoms with van der Waals surface area (Å²) in [6, 6.07) is 50.0. The van der Waals surface area contributed by atoms with Crippen LogP contribution in [0.4, 0.5) is 20.2 Å². The van der Waals surface area contributed by atoms with Crippen LogP contribution in [0.3, 0.4) is 0 Å². The number of hydrogen-bond acceptors (Lipinski definition) is 8. The highest BCUT2D eigenvalue weighted by Crippen LogP contribution is 2.45. The molecule has 82 heavy (non-hydrogen) atoms. The summed E-state index contributed by atoms with van der Waals surface area (Å²) >= 11 is 0. The van der Waals surface area contributed by atoms with E-state index in [1.807, 2.05) is 158 Å². The maximum atomic E-state index is 14.1. The summed E-state index contributed by atoms with van der Waals surface area (Å²) < 4.78 is 32.1. The van der Waals surface area contributed by atoms with Gasteiger partial charge < -0.3 is 35.1 Å². The third-order valence-electron chi connectivity index (χ3n) is 13.9. The van der Waals surface area contributed by atoms with Crippen LogP contribution in [0.15, 0.2) is 170 Å². The third kappa shape index (κ3) is 15.9. The van der Waals surface area contributed by atoms with Gasteiger partial charge in [-0.25, -0.2) is 8.78 Å². The van der Waals surface area contributed by atoms with E-state index in [9.17, 15) is 48.1 Å². The number of carbonyl (C=O) groups excluding carboxylic acids is 5. The lowest BCUT2D eigenvalue weighted by molar-refractivity contribution is -0.127. The Morgan fingerprint density at radius 1 is 0.451 bits per heavy atom. The number of amides is 2. The van der Waals surface area contributed by atoms with Crippen molar-refractivity contribution < 1.29 is 48.1 Å². The molecule has 2 amide bonds. The fourth-order valence-corrected chi connectivity index (χ4v) is 10.5. The van der Waals surface area contributed by atoms with E-state index in [0.717, 1.165) is 45.0 Å². The largest absolute Gasteiger partial charge is 0.393 e. The van der Waals surface area contributed by atoms with Crippen molar-refractivity contribution in [2.75, 3.05) is 10.6 Å². The van der Waals surface area contributed by atoms with Crippen LogP contribution in [-0.2, 0) is 27.5 Å². The maximum absolute atomic E-state index is 14.1. The Kier molecular flexibility index (Phi) is 21.5. The Bertz CT molecular complexity index is 3430. The van der Waals surface area contributed by atoms with Gasteiger partial charge in [0, 0.05) is 59.8 Å². The SMILES string of the molecule is CC(=O)CC(=O)C[C@H](O)CCn1c(-c2ccc(F)cc2)c(-c2ccccc2)c(C(=O)Nc2ccccc2)c1C(C)C.CC(=O)C[C@H](O)C[C@H](O)CCn1c(-c2ccc(F)cc2)c(-c2ccccc2)c(C(=O)Nc2ccccc2)c1C(C)C. The molecule has 6 aromatic carbocycles. The first-order valence-electron chi connectivity index (χ1n) is 27.7. The summed E-state index contributed by atoms with van der Waals surface area (Å²) in [7, 11) is 0. The number of halogens is 2. The molecule has 14 heteroatoms. The van der Waals surface area contributed by atoms with Crippen molar-refractivity contribution in [3.8, 4) is 44.8 Å². The third-order valence-corrected chi connectivity index (χ3v) is 13.9. The summed E-state index contributed by atoms with van der Waals surface area (Å²) in [5.74, 6) is -2.16. The molecule has 2 aromatic heterocycles. The number of aromatic nitrogens is 2. The highest BCUT2D eigenvalue weighted by atomic mass is 19.1. The molecule has 5 N–H and O–H groups in total. The highest BCUT2D eigenvalue weighted by Gasteiger charge is 2.33. The van der Waals surface area contributed by atoms with Gasteiger partial charge in [0.15, 0.2) is 0 Å². The van der Waals surface area contributed by atoms with E-state index in [1.165, 1.54) is 38.1 Å². The Hall–Kier alpha value is -8.43. The number of aliphatic hydroxyl groups is 3. The van der Waals surface area contributed by atoms with Gasteiger partial charge in [-0.15, -0.1) is 0 Å². The van der Waals surface area contributed by atoms with E-state index in [1.54, 1.807) is 24.3 Å². The summed E-state index contributed by atoms with van der Waals surface area (Å²) in [4.78, 5) is 63.1. The zero-order valence-electron chi connectivity index (χ0n) is 47.2. The van der Waals surface area contributed by atoms with Gasteiger partial charge in [0.25, 0.3) is 11.8 Å². The fourth-order valence-electron chi connectivity index (χ4n) is 10.5. The number of Topliss-reactive ketones (excluding diaryl/α,β-unsaturated/α-hetero) is 3. The Balaban J connectivity index is 0.000000236. The summed E-state index contributed by atoms with van der Waals surface area (Å²) in [6.07, 6.45) is -2.54. The van der Waals surface area contributed by atoms with E-state index in [2.05, 4.69) is 10.6 Å². The second kappa shape index (κ2) is 28.8. The van der Waals surface area contributed by atoms with E-state index in [4.69, 9.17) is 0 Å². The summed E-state index contributed by atoms with van der Waals surface area (Å²) in [5.41, 5.74) is 9.88. The first-order valence-corrected chi connectivity index (χ1v) is 27.7. The highest BCUT2D eigenvalue weighted by molar-refractivity contribution is 6.13. The molecular formula is C68H72F2N4O8. The van der Waals surface area contributed by atoms with Gasteiger partial charge in [-0.3, -0.25) is 24.0 Å². The molecule has 0 aliphatic rings. The fraction of sp³-hybridized carbons (Fsp3) is 0.279. The van der Waals surface area contributed by atoms with Crippen molar-refractivity contribution in [1.29, 1.82) is 0 Å². The molecule has 0 radical (unpaired) electrons. The van der Waals surface area contributed by atoms with Crippen LogP contribution in [-0.4, -0.2) is 71.9 Å². The monoisotopic (exact) mass is 1110 g/mol. The second-order valence-corrected chi connectivity index (χ2v) is 21.3. The number of carbonyl (C=O) groups is 5. The molecule has 8 rings (SSSR count). The first-order chi connectivity index (χ1) is 39.3. The van der Waals surface area contributed by atoms with Crippen LogP contribution >= 0.6 is 0 Å². The molecule has 12 nitrogen and oxygen atoms in total. The van der Waals surface area contributed by atoms with Crippen LogP contribution in [0.2, 0.25) is 0 Å². The number of aliphatic hydroxyl groups excluding tert-OH is 3. The van der Waals surface area contributed by atoms with Gasteiger partial charge >= 0.3 is 0 Å². The van der Waals surface area contributed by atoms with Crippen molar-refractivity contribution in [2.24, 2.45) is 0 Å². The minimum Gasteiger partial charge on any atom is -0.393 e. The van der Waals surface area contributed by atoms with Gasteiger partial charge in [0.2, 0.25) is 0 Å². The molecule has 8 aromatic rings. The van der Waals surface area contributed by atoms with E-state index >= 15 is 0 Å². The molecule has 0 aliphatic carbocycles. The Morgan fingerprint density at radius 3 is 1.17 bits per heavy atom. The normalized spacial score (nSPS) is 12.3. The van der Waals surface area contributed by atoms with Gasteiger partial charge in [-0.1, -0.05) is 125 Å². The van der Waals surface area contributed by atoms with Crippen molar-refractivity contribution >= 4 is 40.5 Å². The predicted molar refractivity (Wildman–Crippen MR) is 320 cm³/mol. The summed E-state index contributed by atoms with van der Waals surface area (Å²) in [5, 5.41) is 37.9. The minimum absolute atomic E-state index is 0.0133. The minimum atomic E-state index is -0.966. The van der Waals surface area contributed by atoms with E-state index in [-0.39, 0.29) is 91.2 Å². The van der Waals surface area contributed by atoms with Crippen LogP contribution in [0.25, 0.3) is 44.8 Å². The molecular weight excluding hydrogens is 1040 g/mol. The average Bonchev–Trinajstić information content (AvgIpc) is 2.24. The van der Waals surface area contributed by atoms with Crippen molar-refractivity contribution in [2.45, 2.75) is 123 Å². The number of nitrogens with one attached hydrogen (secondary N) is 2. The number of benzene rings is 6. The number of rotatable bonds is 24. The van der Waals surface area contributed by atoms with E-state index in [0.29, 0.717) is 46.7 Å². The van der Waals surface area contributed by atoms with Gasteiger partial charge in [-0.05, 0) is 140 Å². The van der Waals surface area contributed by atoms with Crippen LogP contribution < -0.4 is 10.6 Å². The molecule has 3 atom stereocenters. The molecule has 0 saturated heterocycles. The van der Waals surface area contributed by atoms with Crippen molar-refractivity contribution in [3.63, 3.8) is 0 Å². The molecule has 0 unspecified atom stereocenters. The first kappa shape index (κ1) is 61.2.